The zero-order valence-corrected chi connectivity index (χ0v) is 19.4. The van der Waals surface area contributed by atoms with Crippen LogP contribution in [0.4, 0.5) is 21.8 Å². The standard InChI is InChI=1S/C23H21ClFN7O3/c1-33-20-21(31-18-3-2-13(5-26)4-17(18)25)29-12-30-22(20)35-19-14-8-32(9-15(19)11-34-10-14)23-27-6-16(24)7-28-23/h2-4,6-7,12,14-15,19H,8-11H2,1H3,(H,29,30,31). The van der Waals surface area contributed by atoms with Crippen molar-refractivity contribution in [3.63, 3.8) is 0 Å². The van der Waals surface area contributed by atoms with E-state index < -0.39 is 5.82 Å². The van der Waals surface area contributed by atoms with Crippen LogP contribution in [0.3, 0.4) is 0 Å². The number of fused-ring (bicyclic) bond motifs is 2. The first-order valence-electron chi connectivity index (χ1n) is 10.9. The molecule has 2 bridgehead atoms. The lowest BCUT2D eigenvalue weighted by atomic mass is 9.84. The van der Waals surface area contributed by atoms with Crippen LogP contribution >= 0.6 is 11.6 Å². The van der Waals surface area contributed by atoms with Crippen LogP contribution in [0.25, 0.3) is 0 Å². The Morgan fingerprint density at radius 2 is 1.91 bits per heavy atom. The summed E-state index contributed by atoms with van der Waals surface area (Å²) in [5.74, 6) is 0.837. The van der Waals surface area contributed by atoms with Crippen LogP contribution in [0.2, 0.25) is 5.02 Å². The average Bonchev–Trinajstić information content (AvgIpc) is 2.86. The van der Waals surface area contributed by atoms with Crippen molar-refractivity contribution in [2.45, 2.75) is 6.10 Å². The predicted octanol–water partition coefficient (Wildman–Crippen LogP) is 3.21. The molecule has 1 aromatic carbocycles. The van der Waals surface area contributed by atoms with Gasteiger partial charge in [0.15, 0.2) is 5.82 Å². The number of hydrogen-bond acceptors (Lipinski definition) is 10. The Hall–Kier alpha value is -3.75. The molecule has 35 heavy (non-hydrogen) atoms. The molecule has 5 rings (SSSR count). The van der Waals surface area contributed by atoms with Crippen LogP contribution in [-0.2, 0) is 4.74 Å². The van der Waals surface area contributed by atoms with Gasteiger partial charge in [0, 0.05) is 24.9 Å². The number of nitriles is 1. The Kier molecular flexibility index (Phi) is 6.48. The van der Waals surface area contributed by atoms with Crippen LogP contribution in [0.1, 0.15) is 5.56 Å². The number of hydrogen-bond donors (Lipinski definition) is 1. The fourth-order valence-electron chi connectivity index (χ4n) is 4.38. The molecule has 3 aromatic rings. The largest absolute Gasteiger partial charge is 0.489 e. The predicted molar refractivity (Wildman–Crippen MR) is 124 cm³/mol. The van der Waals surface area contributed by atoms with Gasteiger partial charge in [0.2, 0.25) is 11.7 Å². The number of nitrogens with one attached hydrogen (secondary N) is 1. The summed E-state index contributed by atoms with van der Waals surface area (Å²) in [6.45, 7) is 2.30. The molecule has 12 heteroatoms. The third-order valence-corrected chi connectivity index (χ3v) is 6.16. The van der Waals surface area contributed by atoms with Crippen LogP contribution in [0.5, 0.6) is 11.6 Å². The van der Waals surface area contributed by atoms with Crippen molar-refractivity contribution in [2.24, 2.45) is 11.8 Å². The Bertz CT molecular complexity index is 1240. The second-order valence-corrected chi connectivity index (χ2v) is 8.67. The van der Waals surface area contributed by atoms with Gasteiger partial charge in [-0.3, -0.25) is 0 Å². The second kappa shape index (κ2) is 9.85. The molecule has 2 saturated heterocycles. The van der Waals surface area contributed by atoms with Crippen LogP contribution in [0.15, 0.2) is 36.9 Å². The van der Waals surface area contributed by atoms with E-state index in [1.54, 1.807) is 12.4 Å². The van der Waals surface area contributed by atoms with E-state index in [1.807, 2.05) is 6.07 Å². The lowest BCUT2D eigenvalue weighted by molar-refractivity contribution is -0.0775. The third kappa shape index (κ3) is 4.76. The van der Waals surface area contributed by atoms with E-state index in [-0.39, 0.29) is 46.6 Å². The number of rotatable bonds is 6. The second-order valence-electron chi connectivity index (χ2n) is 8.24. The minimum atomic E-state index is -0.587. The topological polar surface area (TPSA) is 118 Å². The molecule has 0 saturated carbocycles. The average molecular weight is 498 g/mol. The molecule has 0 radical (unpaired) electrons. The number of nitrogens with zero attached hydrogens (tertiary/aromatic N) is 6. The molecule has 0 aliphatic carbocycles. The van der Waals surface area contributed by atoms with Gasteiger partial charge in [0.25, 0.3) is 5.88 Å². The molecular formula is C23H21ClFN7O3. The van der Waals surface area contributed by atoms with Crippen molar-refractivity contribution in [1.82, 2.24) is 19.9 Å². The van der Waals surface area contributed by atoms with Gasteiger partial charge in [-0.1, -0.05) is 11.6 Å². The van der Waals surface area contributed by atoms with E-state index in [1.165, 1.54) is 25.6 Å². The number of ether oxygens (including phenoxy) is 3. The molecule has 4 heterocycles. The molecule has 10 nitrogen and oxygen atoms in total. The molecule has 0 spiro atoms. The van der Waals surface area contributed by atoms with Gasteiger partial charge >= 0.3 is 0 Å². The quantitative estimate of drug-likeness (QED) is 0.543. The van der Waals surface area contributed by atoms with E-state index in [0.29, 0.717) is 37.3 Å². The number of aromatic nitrogens is 4. The van der Waals surface area contributed by atoms with E-state index in [0.717, 1.165) is 6.07 Å². The minimum absolute atomic E-state index is 0.0360. The number of benzene rings is 1. The molecule has 1 N–H and O–H groups in total. The fraction of sp³-hybridized carbons (Fsp3) is 0.348. The van der Waals surface area contributed by atoms with Crippen molar-refractivity contribution >= 4 is 29.1 Å². The van der Waals surface area contributed by atoms with Crippen molar-refractivity contribution in [3.8, 4) is 17.7 Å². The van der Waals surface area contributed by atoms with Crippen LogP contribution < -0.4 is 19.7 Å². The molecule has 2 aliphatic rings. The summed E-state index contributed by atoms with van der Waals surface area (Å²) in [5, 5.41) is 12.3. The van der Waals surface area contributed by atoms with Gasteiger partial charge in [-0.15, -0.1) is 0 Å². The SMILES string of the molecule is COc1c(Nc2ccc(C#N)cc2F)ncnc1OC1C2COCC1CN(c1ncc(Cl)cn1)C2. The van der Waals surface area contributed by atoms with E-state index >= 15 is 0 Å². The van der Waals surface area contributed by atoms with Crippen LogP contribution in [0, 0.1) is 29.0 Å². The summed E-state index contributed by atoms with van der Waals surface area (Å²) in [6.07, 6.45) is 4.30. The van der Waals surface area contributed by atoms with Gasteiger partial charge in [-0.2, -0.15) is 10.2 Å². The molecule has 2 atom stereocenters. The fourth-order valence-corrected chi connectivity index (χ4v) is 4.48. The summed E-state index contributed by atoms with van der Waals surface area (Å²) in [4.78, 5) is 19.3. The van der Waals surface area contributed by atoms with Crippen molar-refractivity contribution < 1.29 is 18.6 Å². The van der Waals surface area contributed by atoms with Gasteiger partial charge in [-0.25, -0.2) is 19.3 Å². The maximum atomic E-state index is 14.4. The highest BCUT2D eigenvalue weighted by molar-refractivity contribution is 6.30. The minimum Gasteiger partial charge on any atom is -0.489 e. The van der Waals surface area contributed by atoms with Crippen molar-refractivity contribution in [1.29, 1.82) is 5.26 Å². The smallest absolute Gasteiger partial charge is 0.262 e. The maximum absolute atomic E-state index is 14.4. The number of halogens is 2. The summed E-state index contributed by atoms with van der Waals surface area (Å²) in [5.41, 5.74) is 0.365. The monoisotopic (exact) mass is 497 g/mol. The van der Waals surface area contributed by atoms with Gasteiger partial charge < -0.3 is 24.4 Å². The Morgan fingerprint density at radius 3 is 2.57 bits per heavy atom. The first-order valence-corrected chi connectivity index (χ1v) is 11.3. The Morgan fingerprint density at radius 1 is 1.17 bits per heavy atom. The highest BCUT2D eigenvalue weighted by atomic mass is 35.5. The lowest BCUT2D eigenvalue weighted by Crippen LogP contribution is -2.58. The summed E-state index contributed by atoms with van der Waals surface area (Å²) < 4.78 is 32.1. The summed E-state index contributed by atoms with van der Waals surface area (Å²) >= 11 is 5.93. The zero-order chi connectivity index (χ0) is 24.4. The van der Waals surface area contributed by atoms with E-state index in [9.17, 15) is 4.39 Å². The maximum Gasteiger partial charge on any atom is 0.262 e. The molecule has 0 amide bonds. The third-order valence-electron chi connectivity index (χ3n) is 5.97. The summed E-state index contributed by atoms with van der Waals surface area (Å²) in [6, 6.07) is 6.03. The van der Waals surface area contributed by atoms with Crippen molar-refractivity contribution in [2.75, 3.05) is 43.6 Å². The Labute approximate surface area is 205 Å². The molecule has 2 aliphatic heterocycles. The summed E-state index contributed by atoms with van der Waals surface area (Å²) in [7, 11) is 1.47. The van der Waals surface area contributed by atoms with Crippen molar-refractivity contribution in [3.05, 3.63) is 53.3 Å². The van der Waals surface area contributed by atoms with E-state index in [2.05, 4.69) is 30.2 Å². The zero-order valence-electron chi connectivity index (χ0n) is 18.7. The van der Waals surface area contributed by atoms with Crippen LogP contribution in [-0.4, -0.2) is 59.5 Å². The molecular weight excluding hydrogens is 477 g/mol. The van der Waals surface area contributed by atoms with E-state index in [4.69, 9.17) is 31.1 Å². The number of piperidine rings is 1. The number of anilines is 3. The molecule has 2 aromatic heterocycles. The van der Waals surface area contributed by atoms with Gasteiger partial charge in [0.05, 0.1) is 55.1 Å². The normalized spacial score (nSPS) is 21.2. The Balaban J connectivity index is 1.36. The molecule has 2 fully saturated rings. The first kappa shape index (κ1) is 23.0. The van der Waals surface area contributed by atoms with Gasteiger partial charge in [0.1, 0.15) is 18.2 Å². The van der Waals surface area contributed by atoms with Gasteiger partial charge in [-0.05, 0) is 18.2 Å². The molecule has 180 valence electrons. The number of methoxy groups -OCH3 is 1. The molecule has 2 unspecified atom stereocenters. The highest BCUT2D eigenvalue weighted by Gasteiger charge is 2.43. The highest BCUT2D eigenvalue weighted by Crippen LogP contribution is 2.38. The first-order chi connectivity index (χ1) is 17.1. The lowest BCUT2D eigenvalue weighted by Gasteiger charge is -2.46.